The van der Waals surface area contributed by atoms with Crippen LogP contribution in [0.5, 0.6) is 0 Å². The molecule has 0 unspecified atom stereocenters. The highest BCUT2D eigenvalue weighted by molar-refractivity contribution is 7.15. The van der Waals surface area contributed by atoms with E-state index in [1.165, 1.54) is 11.3 Å². The number of anilines is 1. The Morgan fingerprint density at radius 3 is 2.88 bits per heavy atom. The zero-order valence-electron chi connectivity index (χ0n) is 14.5. The van der Waals surface area contributed by atoms with Gasteiger partial charge in [-0.1, -0.05) is 11.3 Å². The summed E-state index contributed by atoms with van der Waals surface area (Å²) in [6.07, 6.45) is 0.345. The van der Waals surface area contributed by atoms with Crippen LogP contribution in [-0.4, -0.2) is 44.8 Å². The number of fused-ring (bicyclic) bond motifs is 1. The maximum atomic E-state index is 12.4. The van der Waals surface area contributed by atoms with Crippen molar-refractivity contribution in [2.24, 2.45) is 0 Å². The molecule has 25 heavy (non-hydrogen) atoms. The molecule has 9 heteroatoms. The second-order valence-electron chi connectivity index (χ2n) is 5.70. The van der Waals surface area contributed by atoms with Crippen molar-refractivity contribution in [1.82, 2.24) is 19.7 Å². The number of ether oxygens (including phenoxy) is 1. The summed E-state index contributed by atoms with van der Waals surface area (Å²) in [5.41, 5.74) is 2.24. The number of aryl methyl sites for hydroxylation is 2. The number of carbonyl (C=O) groups excluding carboxylic acids is 2. The summed E-state index contributed by atoms with van der Waals surface area (Å²) in [7, 11) is 0. The van der Waals surface area contributed by atoms with Crippen LogP contribution in [0, 0.1) is 6.92 Å². The van der Waals surface area contributed by atoms with Crippen LogP contribution in [0.2, 0.25) is 0 Å². The van der Waals surface area contributed by atoms with Gasteiger partial charge in [-0.2, -0.15) is 5.10 Å². The number of rotatable bonds is 4. The molecule has 0 saturated carbocycles. The second-order valence-corrected chi connectivity index (χ2v) is 6.78. The fourth-order valence-corrected chi connectivity index (χ4v) is 3.74. The molecular weight excluding hydrogens is 342 g/mol. The third kappa shape index (κ3) is 3.65. The topological polar surface area (TPSA) is 89.4 Å². The molecule has 3 rings (SSSR count). The number of nitrogens with zero attached hydrogens (tertiary/aromatic N) is 4. The summed E-state index contributed by atoms with van der Waals surface area (Å²) in [5.74, 6) is -0.274. The lowest BCUT2D eigenvalue weighted by Gasteiger charge is -2.24. The van der Waals surface area contributed by atoms with Gasteiger partial charge in [-0.3, -0.25) is 14.8 Å². The van der Waals surface area contributed by atoms with E-state index in [1.807, 2.05) is 13.8 Å². The van der Waals surface area contributed by atoms with Crippen LogP contribution in [0.4, 0.5) is 9.93 Å². The summed E-state index contributed by atoms with van der Waals surface area (Å²) in [6, 6.07) is 1.76. The van der Waals surface area contributed by atoms with Gasteiger partial charge in [0, 0.05) is 30.1 Å². The Labute approximate surface area is 149 Å². The van der Waals surface area contributed by atoms with E-state index in [2.05, 4.69) is 15.4 Å². The molecule has 0 atom stereocenters. The normalized spacial score (nSPS) is 13.5. The van der Waals surface area contributed by atoms with Crippen molar-refractivity contribution >= 4 is 28.5 Å². The molecule has 0 radical (unpaired) electrons. The van der Waals surface area contributed by atoms with Gasteiger partial charge in [0.1, 0.15) is 0 Å². The Kier molecular flexibility index (Phi) is 5.03. The molecule has 0 spiro atoms. The van der Waals surface area contributed by atoms with Gasteiger partial charge in [-0.05, 0) is 26.8 Å². The number of hydrogen-bond acceptors (Lipinski definition) is 6. The zero-order chi connectivity index (χ0) is 18.0. The standard InChI is InChI=1S/C16H21N5O3S/c1-4-21-10(3)8-12(19-21)14(22)18-15-17-11-6-7-20(9-13(11)25-15)16(23)24-5-2/h8H,4-7,9H2,1-3H3,(H,17,18,22). The number of hydrogen-bond donors (Lipinski definition) is 1. The van der Waals surface area contributed by atoms with Crippen molar-refractivity contribution in [3.8, 4) is 0 Å². The number of thiazole rings is 1. The van der Waals surface area contributed by atoms with Crippen LogP contribution < -0.4 is 5.32 Å². The molecule has 0 bridgehead atoms. The van der Waals surface area contributed by atoms with Crippen LogP contribution in [0.25, 0.3) is 0 Å². The van der Waals surface area contributed by atoms with Crippen molar-refractivity contribution in [1.29, 1.82) is 0 Å². The molecule has 8 nitrogen and oxygen atoms in total. The minimum absolute atomic E-state index is 0.274. The van der Waals surface area contributed by atoms with Crippen LogP contribution in [-0.2, 0) is 24.2 Å². The van der Waals surface area contributed by atoms with Gasteiger partial charge in [-0.15, -0.1) is 0 Å². The van der Waals surface area contributed by atoms with Crippen LogP contribution in [0.15, 0.2) is 6.07 Å². The lowest BCUT2D eigenvalue weighted by Crippen LogP contribution is -2.35. The molecule has 2 aromatic heterocycles. The molecule has 0 aliphatic carbocycles. The Hall–Kier alpha value is -2.42. The number of aromatic nitrogens is 3. The van der Waals surface area contributed by atoms with Crippen LogP contribution >= 0.6 is 11.3 Å². The van der Waals surface area contributed by atoms with E-state index < -0.39 is 0 Å². The first-order chi connectivity index (χ1) is 12.0. The van der Waals surface area contributed by atoms with Crippen LogP contribution in [0.1, 0.15) is 40.6 Å². The fourth-order valence-electron chi connectivity index (χ4n) is 2.72. The highest BCUT2D eigenvalue weighted by Gasteiger charge is 2.25. The molecule has 1 aliphatic rings. The summed E-state index contributed by atoms with van der Waals surface area (Å²) in [4.78, 5) is 31.3. The molecule has 0 fully saturated rings. The molecule has 3 heterocycles. The predicted octanol–water partition coefficient (Wildman–Crippen LogP) is 2.43. The molecule has 1 N–H and O–H groups in total. The highest BCUT2D eigenvalue weighted by atomic mass is 32.1. The Balaban J connectivity index is 1.69. The first-order valence-corrected chi connectivity index (χ1v) is 9.09. The highest BCUT2D eigenvalue weighted by Crippen LogP contribution is 2.28. The van der Waals surface area contributed by atoms with Crippen molar-refractivity contribution in [2.75, 3.05) is 18.5 Å². The lowest BCUT2D eigenvalue weighted by molar-refractivity contribution is 0.101. The quantitative estimate of drug-likeness (QED) is 0.901. The van der Waals surface area contributed by atoms with Crippen molar-refractivity contribution in [2.45, 2.75) is 40.3 Å². The van der Waals surface area contributed by atoms with Crippen molar-refractivity contribution in [3.05, 3.63) is 28.0 Å². The first kappa shape index (κ1) is 17.4. The molecule has 0 aromatic carbocycles. The van der Waals surface area contributed by atoms with E-state index in [1.54, 1.807) is 22.6 Å². The largest absolute Gasteiger partial charge is 0.450 e. The van der Waals surface area contributed by atoms with E-state index in [4.69, 9.17) is 4.74 Å². The van der Waals surface area contributed by atoms with Gasteiger partial charge < -0.3 is 9.64 Å². The van der Waals surface area contributed by atoms with Gasteiger partial charge >= 0.3 is 6.09 Å². The van der Waals surface area contributed by atoms with E-state index >= 15 is 0 Å². The molecule has 0 saturated heterocycles. The third-order valence-electron chi connectivity index (χ3n) is 3.99. The average Bonchev–Trinajstić information content (AvgIpc) is 3.16. The van der Waals surface area contributed by atoms with E-state index in [0.717, 1.165) is 16.3 Å². The molecule has 1 aliphatic heterocycles. The van der Waals surface area contributed by atoms with Gasteiger partial charge in [0.05, 0.1) is 18.8 Å². The van der Waals surface area contributed by atoms with Gasteiger partial charge in [0.15, 0.2) is 10.8 Å². The fraction of sp³-hybridized carbons (Fsp3) is 0.500. The monoisotopic (exact) mass is 363 g/mol. The lowest BCUT2D eigenvalue weighted by atomic mass is 10.2. The smallest absolute Gasteiger partial charge is 0.410 e. The first-order valence-electron chi connectivity index (χ1n) is 8.27. The van der Waals surface area contributed by atoms with Gasteiger partial charge in [-0.25, -0.2) is 9.78 Å². The minimum atomic E-state index is -0.312. The number of nitrogens with one attached hydrogen (secondary N) is 1. The maximum Gasteiger partial charge on any atom is 0.410 e. The molecular formula is C16H21N5O3S. The third-order valence-corrected chi connectivity index (χ3v) is 4.99. The SMILES string of the molecule is CCOC(=O)N1CCc2nc(NC(=O)c3cc(C)n(CC)n3)sc2C1. The summed E-state index contributed by atoms with van der Waals surface area (Å²) < 4.78 is 6.82. The number of amides is 2. The maximum absolute atomic E-state index is 12.4. The van der Waals surface area contributed by atoms with E-state index in [9.17, 15) is 9.59 Å². The Morgan fingerprint density at radius 1 is 1.40 bits per heavy atom. The van der Waals surface area contributed by atoms with Gasteiger partial charge in [0.25, 0.3) is 5.91 Å². The summed E-state index contributed by atoms with van der Waals surface area (Å²) in [6.45, 7) is 7.79. The summed E-state index contributed by atoms with van der Waals surface area (Å²) >= 11 is 1.39. The molecule has 2 amide bonds. The van der Waals surface area contributed by atoms with E-state index in [0.29, 0.717) is 43.5 Å². The Morgan fingerprint density at radius 2 is 2.20 bits per heavy atom. The zero-order valence-corrected chi connectivity index (χ0v) is 15.4. The minimum Gasteiger partial charge on any atom is -0.450 e. The van der Waals surface area contributed by atoms with E-state index in [-0.39, 0.29) is 12.0 Å². The predicted molar refractivity (Wildman–Crippen MR) is 93.8 cm³/mol. The van der Waals surface area contributed by atoms with Crippen molar-refractivity contribution in [3.63, 3.8) is 0 Å². The molecule has 134 valence electrons. The van der Waals surface area contributed by atoms with Crippen LogP contribution in [0.3, 0.4) is 0 Å². The average molecular weight is 363 g/mol. The van der Waals surface area contributed by atoms with Crippen molar-refractivity contribution < 1.29 is 14.3 Å². The summed E-state index contributed by atoms with van der Waals surface area (Å²) in [5, 5.41) is 7.61. The van der Waals surface area contributed by atoms with Gasteiger partial charge in [0.2, 0.25) is 0 Å². The second kappa shape index (κ2) is 7.22. The number of carbonyl (C=O) groups is 2. The Bertz CT molecular complexity index is 798. The molecule has 2 aromatic rings.